The minimum Gasteiger partial charge on any atom is -0.272 e. The first kappa shape index (κ1) is 17.1. The van der Waals surface area contributed by atoms with Gasteiger partial charge in [-0.25, -0.2) is 4.98 Å². The van der Waals surface area contributed by atoms with E-state index in [1.807, 2.05) is 0 Å². The fraction of sp³-hybridized carbons (Fsp3) is 0.118. The molecule has 0 aliphatic rings. The molecule has 2 aromatic carbocycles. The van der Waals surface area contributed by atoms with Crippen molar-refractivity contribution in [3.8, 4) is 11.4 Å². The fourth-order valence-corrected chi connectivity index (χ4v) is 3.17. The van der Waals surface area contributed by atoms with E-state index < -0.39 is 11.7 Å². The summed E-state index contributed by atoms with van der Waals surface area (Å²) < 4.78 is 41.0. The molecular weight excluding hydrogens is 388 g/mol. The molecule has 132 valence electrons. The summed E-state index contributed by atoms with van der Waals surface area (Å²) in [5.41, 5.74) is 1.52. The van der Waals surface area contributed by atoms with E-state index in [-0.39, 0.29) is 16.4 Å². The Kier molecular flexibility index (Phi) is 3.82. The third-order valence-electron chi connectivity index (χ3n) is 3.99. The summed E-state index contributed by atoms with van der Waals surface area (Å²) in [6.07, 6.45) is -4.49. The highest BCUT2D eigenvalue weighted by Gasteiger charge is 2.31. The molecule has 4 aromatic rings. The van der Waals surface area contributed by atoms with Crippen molar-refractivity contribution >= 4 is 39.9 Å². The van der Waals surface area contributed by atoms with Crippen molar-refractivity contribution in [3.63, 3.8) is 0 Å². The Hall–Kier alpha value is -2.38. The molecule has 0 saturated carbocycles. The summed E-state index contributed by atoms with van der Waals surface area (Å²) in [5.74, 6) is 0.203. The molecular formula is C17H9Cl2F3N4. The largest absolute Gasteiger partial charge is 0.416 e. The average Bonchev–Trinajstić information content (AvgIpc) is 2.99. The predicted octanol–water partition coefficient (Wildman–Crippen LogP) is 5.58. The van der Waals surface area contributed by atoms with Gasteiger partial charge < -0.3 is 0 Å². The Bertz CT molecular complexity index is 1170. The number of hydrogen-bond acceptors (Lipinski definition) is 3. The first-order valence-electron chi connectivity index (χ1n) is 7.44. The van der Waals surface area contributed by atoms with Gasteiger partial charge in [0.2, 0.25) is 0 Å². The second kappa shape index (κ2) is 5.82. The molecule has 0 unspecified atom stereocenters. The number of alkyl halides is 3. The van der Waals surface area contributed by atoms with Gasteiger partial charge >= 0.3 is 6.18 Å². The normalized spacial score (nSPS) is 12.2. The Morgan fingerprint density at radius 3 is 2.50 bits per heavy atom. The summed E-state index contributed by atoms with van der Waals surface area (Å²) in [6, 6.07) is 8.15. The van der Waals surface area contributed by atoms with Crippen molar-refractivity contribution in [1.82, 2.24) is 19.6 Å². The highest BCUT2D eigenvalue weighted by Crippen LogP contribution is 2.36. The lowest BCUT2D eigenvalue weighted by atomic mass is 10.1. The number of halogens is 5. The second-order valence-corrected chi connectivity index (χ2v) is 6.55. The van der Waals surface area contributed by atoms with Crippen molar-refractivity contribution in [2.45, 2.75) is 13.1 Å². The fourth-order valence-electron chi connectivity index (χ4n) is 2.80. The van der Waals surface area contributed by atoms with Crippen LogP contribution in [-0.4, -0.2) is 19.6 Å². The number of benzene rings is 2. The zero-order valence-corrected chi connectivity index (χ0v) is 14.7. The summed E-state index contributed by atoms with van der Waals surface area (Å²) in [7, 11) is 0. The Morgan fingerprint density at radius 2 is 1.77 bits per heavy atom. The number of fused-ring (bicyclic) bond motifs is 3. The predicted molar refractivity (Wildman–Crippen MR) is 93.5 cm³/mol. The van der Waals surface area contributed by atoms with Gasteiger partial charge in [-0.05, 0) is 43.3 Å². The highest BCUT2D eigenvalue weighted by molar-refractivity contribution is 6.33. The van der Waals surface area contributed by atoms with Gasteiger partial charge in [-0.1, -0.05) is 23.2 Å². The zero-order chi connectivity index (χ0) is 18.6. The van der Waals surface area contributed by atoms with E-state index in [2.05, 4.69) is 15.2 Å². The first-order chi connectivity index (χ1) is 12.3. The van der Waals surface area contributed by atoms with E-state index in [9.17, 15) is 13.2 Å². The number of hydrogen-bond donors (Lipinski definition) is 0. The van der Waals surface area contributed by atoms with Crippen LogP contribution in [0.15, 0.2) is 36.4 Å². The molecule has 26 heavy (non-hydrogen) atoms. The lowest BCUT2D eigenvalue weighted by molar-refractivity contribution is -0.137. The number of rotatable bonds is 1. The van der Waals surface area contributed by atoms with Crippen molar-refractivity contribution < 1.29 is 13.2 Å². The lowest BCUT2D eigenvalue weighted by Gasteiger charge is -2.11. The number of aryl methyl sites for hydroxylation is 1. The van der Waals surface area contributed by atoms with E-state index in [4.69, 9.17) is 23.2 Å². The van der Waals surface area contributed by atoms with Gasteiger partial charge in [-0.15, -0.1) is 10.2 Å². The van der Waals surface area contributed by atoms with Crippen LogP contribution < -0.4 is 0 Å². The molecule has 0 saturated heterocycles. The van der Waals surface area contributed by atoms with Crippen LogP contribution in [0.3, 0.4) is 0 Å². The monoisotopic (exact) mass is 396 g/mol. The molecule has 0 aliphatic carbocycles. The van der Waals surface area contributed by atoms with E-state index in [1.165, 1.54) is 6.07 Å². The van der Waals surface area contributed by atoms with Crippen LogP contribution >= 0.6 is 23.2 Å². The molecule has 0 atom stereocenters. The standard InChI is InChI=1S/C17H9Cl2F3N4/c1-8-15-24-25-16(11-6-9(17(20,21)22)2-4-12(11)19)26(15)14-5-3-10(18)7-13(14)23-8/h2-7H,1H3. The first-order valence-corrected chi connectivity index (χ1v) is 8.19. The van der Waals surface area contributed by atoms with Gasteiger partial charge in [-0.3, -0.25) is 4.40 Å². The molecule has 4 nitrogen and oxygen atoms in total. The maximum Gasteiger partial charge on any atom is 0.416 e. The smallest absolute Gasteiger partial charge is 0.272 e. The van der Waals surface area contributed by atoms with Gasteiger partial charge in [0.1, 0.15) is 0 Å². The van der Waals surface area contributed by atoms with E-state index in [1.54, 1.807) is 29.5 Å². The van der Waals surface area contributed by atoms with E-state index in [0.29, 0.717) is 27.4 Å². The van der Waals surface area contributed by atoms with Crippen molar-refractivity contribution in [2.24, 2.45) is 0 Å². The minimum absolute atomic E-state index is 0.135. The van der Waals surface area contributed by atoms with Crippen LogP contribution in [-0.2, 0) is 6.18 Å². The second-order valence-electron chi connectivity index (χ2n) is 5.71. The summed E-state index contributed by atoms with van der Waals surface area (Å²) in [4.78, 5) is 4.43. The molecule has 0 bridgehead atoms. The topological polar surface area (TPSA) is 43.1 Å². The molecule has 0 fully saturated rings. The van der Waals surface area contributed by atoms with Crippen LogP contribution in [0.2, 0.25) is 10.0 Å². The van der Waals surface area contributed by atoms with Gasteiger partial charge in [0.05, 0.1) is 27.3 Å². The van der Waals surface area contributed by atoms with Crippen LogP contribution in [0.1, 0.15) is 11.3 Å². The van der Waals surface area contributed by atoms with Crippen molar-refractivity contribution in [3.05, 3.63) is 57.7 Å². The van der Waals surface area contributed by atoms with Gasteiger partial charge in [0.25, 0.3) is 0 Å². The molecule has 0 radical (unpaired) electrons. The van der Waals surface area contributed by atoms with Crippen LogP contribution in [0, 0.1) is 6.92 Å². The number of aromatic nitrogens is 4. The maximum atomic E-state index is 13.1. The Morgan fingerprint density at radius 1 is 1.00 bits per heavy atom. The molecule has 0 aliphatic heterocycles. The van der Waals surface area contributed by atoms with Crippen LogP contribution in [0.4, 0.5) is 13.2 Å². The van der Waals surface area contributed by atoms with Crippen molar-refractivity contribution in [2.75, 3.05) is 0 Å². The molecule has 0 spiro atoms. The highest BCUT2D eigenvalue weighted by atomic mass is 35.5. The molecule has 0 N–H and O–H groups in total. The average molecular weight is 397 g/mol. The molecule has 2 aromatic heterocycles. The number of nitrogens with zero attached hydrogens (tertiary/aromatic N) is 4. The summed E-state index contributed by atoms with van der Waals surface area (Å²) >= 11 is 12.2. The van der Waals surface area contributed by atoms with Gasteiger partial charge in [-0.2, -0.15) is 13.2 Å². The quantitative estimate of drug-likeness (QED) is 0.421. The Labute approximate surface area is 155 Å². The molecule has 4 rings (SSSR count). The minimum atomic E-state index is -4.49. The maximum absolute atomic E-state index is 13.1. The third-order valence-corrected chi connectivity index (χ3v) is 4.55. The summed E-state index contributed by atoms with van der Waals surface area (Å²) in [6.45, 7) is 1.74. The summed E-state index contributed by atoms with van der Waals surface area (Å²) in [5, 5.41) is 8.79. The zero-order valence-electron chi connectivity index (χ0n) is 13.1. The van der Waals surface area contributed by atoms with E-state index >= 15 is 0 Å². The third kappa shape index (κ3) is 2.68. The molecule has 0 amide bonds. The van der Waals surface area contributed by atoms with E-state index in [0.717, 1.165) is 12.1 Å². The molecule has 2 heterocycles. The van der Waals surface area contributed by atoms with Crippen LogP contribution in [0.25, 0.3) is 28.1 Å². The van der Waals surface area contributed by atoms with Crippen molar-refractivity contribution in [1.29, 1.82) is 0 Å². The SMILES string of the molecule is Cc1nc2cc(Cl)ccc2n2c(-c3cc(C(F)(F)F)ccc3Cl)nnc12. The molecule has 9 heteroatoms. The lowest BCUT2D eigenvalue weighted by Crippen LogP contribution is -2.05. The van der Waals surface area contributed by atoms with Gasteiger partial charge in [0.15, 0.2) is 11.5 Å². The van der Waals surface area contributed by atoms with Gasteiger partial charge in [0, 0.05) is 10.6 Å². The Balaban J connectivity index is 2.09. The van der Waals surface area contributed by atoms with Crippen LogP contribution in [0.5, 0.6) is 0 Å².